The average Bonchev–Trinajstić information content (AvgIpc) is 2.96. The van der Waals surface area contributed by atoms with Crippen LogP contribution < -0.4 is 5.48 Å². The molecular weight excluding hydrogens is 304 g/mol. The summed E-state index contributed by atoms with van der Waals surface area (Å²) in [6.07, 6.45) is 0.144. The molecule has 1 aliphatic rings. The number of aromatic nitrogens is 3. The summed E-state index contributed by atoms with van der Waals surface area (Å²) < 4.78 is 7.28. The standard InChI is InChI=1S/C14H20N4O5/c1-7-4-18(12-9(7)11(17-22-3)15-6-16-12)13-14(2,21)10(20)8(5-19)23-13/h4,6,8,10,13,19-21H,5H2,1-3H3,(H,15,16,17)/t8-,10-,13-,14-/m1/s1. The first-order valence-corrected chi connectivity index (χ1v) is 7.19. The van der Waals surface area contributed by atoms with Crippen LogP contribution in [0.15, 0.2) is 12.5 Å². The maximum absolute atomic E-state index is 10.6. The van der Waals surface area contributed by atoms with Crippen molar-refractivity contribution in [1.82, 2.24) is 14.5 Å². The summed E-state index contributed by atoms with van der Waals surface area (Å²) in [6, 6.07) is 0. The molecule has 0 radical (unpaired) electrons. The molecule has 0 aromatic carbocycles. The fourth-order valence-corrected chi connectivity index (χ4v) is 3.01. The molecule has 2 aromatic heterocycles. The molecule has 0 unspecified atom stereocenters. The van der Waals surface area contributed by atoms with Crippen molar-refractivity contribution in [2.24, 2.45) is 0 Å². The predicted molar refractivity (Wildman–Crippen MR) is 80.5 cm³/mol. The van der Waals surface area contributed by atoms with Gasteiger partial charge in [-0.2, -0.15) is 0 Å². The van der Waals surface area contributed by atoms with Crippen LogP contribution in [0, 0.1) is 6.92 Å². The second kappa shape index (κ2) is 5.69. The van der Waals surface area contributed by atoms with E-state index >= 15 is 0 Å². The van der Waals surface area contributed by atoms with E-state index in [4.69, 9.17) is 9.57 Å². The lowest BCUT2D eigenvalue weighted by Crippen LogP contribution is -2.44. The number of aliphatic hydroxyl groups excluding tert-OH is 2. The van der Waals surface area contributed by atoms with Crippen LogP contribution in [0.25, 0.3) is 11.0 Å². The van der Waals surface area contributed by atoms with Gasteiger partial charge in [-0.25, -0.2) is 15.4 Å². The highest BCUT2D eigenvalue weighted by Crippen LogP contribution is 2.40. The highest BCUT2D eigenvalue weighted by Gasteiger charge is 2.53. The SMILES string of the molecule is CONc1ncnc2c1c(C)cn2[C@@H]1O[C@H](CO)[C@@H](O)[C@@]1(C)O. The molecule has 0 spiro atoms. The molecule has 2 aromatic rings. The van der Waals surface area contributed by atoms with Crippen molar-refractivity contribution in [2.45, 2.75) is 37.9 Å². The number of hydrogen-bond donors (Lipinski definition) is 4. The van der Waals surface area contributed by atoms with E-state index in [-0.39, 0.29) is 0 Å². The van der Waals surface area contributed by atoms with Crippen LogP contribution in [0.2, 0.25) is 0 Å². The molecule has 4 N–H and O–H groups in total. The Morgan fingerprint density at radius 2 is 2.22 bits per heavy atom. The third-order valence-corrected chi connectivity index (χ3v) is 4.18. The minimum absolute atomic E-state index is 0.391. The third-order valence-electron chi connectivity index (χ3n) is 4.18. The van der Waals surface area contributed by atoms with Gasteiger partial charge in [0.15, 0.2) is 12.0 Å². The number of aliphatic hydroxyl groups is 3. The van der Waals surface area contributed by atoms with Gasteiger partial charge < -0.3 is 24.6 Å². The van der Waals surface area contributed by atoms with Gasteiger partial charge in [0.25, 0.3) is 0 Å². The zero-order valence-corrected chi connectivity index (χ0v) is 13.1. The van der Waals surface area contributed by atoms with Crippen LogP contribution in [0.4, 0.5) is 5.82 Å². The molecule has 0 amide bonds. The fourth-order valence-electron chi connectivity index (χ4n) is 3.01. The second-order valence-corrected chi connectivity index (χ2v) is 5.83. The lowest BCUT2D eigenvalue weighted by Gasteiger charge is -2.27. The number of nitrogens with zero attached hydrogens (tertiary/aromatic N) is 3. The van der Waals surface area contributed by atoms with Crippen LogP contribution in [0.5, 0.6) is 0 Å². The number of fused-ring (bicyclic) bond motifs is 1. The average molecular weight is 324 g/mol. The first-order chi connectivity index (χ1) is 10.9. The highest BCUT2D eigenvalue weighted by atomic mass is 16.6. The molecule has 0 aliphatic carbocycles. The Bertz CT molecular complexity index is 717. The van der Waals surface area contributed by atoms with Crippen LogP contribution in [-0.4, -0.2) is 61.4 Å². The van der Waals surface area contributed by atoms with Gasteiger partial charge in [0, 0.05) is 6.20 Å². The van der Waals surface area contributed by atoms with E-state index in [0.29, 0.717) is 11.5 Å². The molecule has 0 bridgehead atoms. The van der Waals surface area contributed by atoms with Crippen LogP contribution in [0.3, 0.4) is 0 Å². The van der Waals surface area contributed by atoms with Gasteiger partial charge in [-0.1, -0.05) is 0 Å². The van der Waals surface area contributed by atoms with Gasteiger partial charge in [0.2, 0.25) is 0 Å². The summed E-state index contributed by atoms with van der Waals surface area (Å²) >= 11 is 0. The Morgan fingerprint density at radius 1 is 1.48 bits per heavy atom. The Morgan fingerprint density at radius 3 is 2.83 bits per heavy atom. The highest BCUT2D eigenvalue weighted by molar-refractivity contribution is 5.90. The number of ether oxygens (including phenoxy) is 1. The van der Waals surface area contributed by atoms with E-state index in [2.05, 4.69) is 15.4 Å². The molecule has 1 saturated heterocycles. The number of aryl methyl sites for hydroxylation is 1. The van der Waals surface area contributed by atoms with Crippen molar-refractivity contribution >= 4 is 16.9 Å². The first-order valence-electron chi connectivity index (χ1n) is 7.19. The Labute approximate surface area is 132 Å². The van der Waals surface area contributed by atoms with Gasteiger partial charge in [-0.15, -0.1) is 0 Å². The van der Waals surface area contributed by atoms with E-state index in [1.54, 1.807) is 10.8 Å². The number of hydrogen-bond acceptors (Lipinski definition) is 8. The molecule has 1 fully saturated rings. The maximum Gasteiger partial charge on any atom is 0.167 e. The Balaban J connectivity index is 2.13. The van der Waals surface area contributed by atoms with Crippen LogP contribution in [0.1, 0.15) is 18.7 Å². The molecule has 0 saturated carbocycles. The lowest BCUT2D eigenvalue weighted by atomic mass is 9.96. The lowest BCUT2D eigenvalue weighted by molar-refractivity contribution is -0.0948. The van der Waals surface area contributed by atoms with Gasteiger partial charge in [-0.3, -0.25) is 4.84 Å². The van der Waals surface area contributed by atoms with Crippen molar-refractivity contribution in [1.29, 1.82) is 0 Å². The summed E-state index contributed by atoms with van der Waals surface area (Å²) in [5.74, 6) is 0.491. The van der Waals surface area contributed by atoms with Crippen molar-refractivity contribution in [2.75, 3.05) is 19.2 Å². The molecule has 3 heterocycles. The van der Waals surface area contributed by atoms with Crippen molar-refractivity contribution in [3.05, 3.63) is 18.1 Å². The number of nitrogens with one attached hydrogen (secondary N) is 1. The van der Waals surface area contributed by atoms with E-state index < -0.39 is 30.6 Å². The third kappa shape index (κ3) is 2.37. The minimum atomic E-state index is -1.58. The fraction of sp³-hybridized carbons (Fsp3) is 0.571. The van der Waals surface area contributed by atoms with Crippen LogP contribution >= 0.6 is 0 Å². The summed E-state index contributed by atoms with van der Waals surface area (Å²) in [4.78, 5) is 13.3. The summed E-state index contributed by atoms with van der Waals surface area (Å²) in [7, 11) is 1.48. The van der Waals surface area contributed by atoms with E-state index in [0.717, 1.165) is 10.9 Å². The van der Waals surface area contributed by atoms with E-state index in [9.17, 15) is 15.3 Å². The van der Waals surface area contributed by atoms with E-state index in [1.807, 2.05) is 6.92 Å². The first kappa shape index (κ1) is 16.1. The van der Waals surface area contributed by atoms with Gasteiger partial charge in [0.1, 0.15) is 29.8 Å². The predicted octanol–water partition coefficient (Wildman–Crippen LogP) is -0.285. The Kier molecular flexibility index (Phi) is 3.98. The monoisotopic (exact) mass is 324 g/mol. The van der Waals surface area contributed by atoms with Crippen LogP contribution in [-0.2, 0) is 9.57 Å². The van der Waals surface area contributed by atoms with E-state index in [1.165, 1.54) is 20.4 Å². The van der Waals surface area contributed by atoms with Gasteiger partial charge in [-0.05, 0) is 19.4 Å². The zero-order chi connectivity index (χ0) is 16.8. The Hall–Kier alpha value is -1.78. The van der Waals surface area contributed by atoms with Crippen molar-refractivity contribution in [3.63, 3.8) is 0 Å². The molecule has 126 valence electrons. The summed E-state index contributed by atoms with van der Waals surface area (Å²) in [5, 5.41) is 30.8. The van der Waals surface area contributed by atoms with Gasteiger partial charge in [0.05, 0.1) is 19.1 Å². The van der Waals surface area contributed by atoms with Crippen molar-refractivity contribution < 1.29 is 24.9 Å². The number of rotatable bonds is 4. The van der Waals surface area contributed by atoms with Crippen molar-refractivity contribution in [3.8, 4) is 0 Å². The summed E-state index contributed by atoms with van der Waals surface area (Å²) in [6.45, 7) is 2.94. The van der Waals surface area contributed by atoms with Gasteiger partial charge >= 0.3 is 0 Å². The second-order valence-electron chi connectivity index (χ2n) is 5.83. The minimum Gasteiger partial charge on any atom is -0.394 e. The molecule has 4 atom stereocenters. The molecule has 1 aliphatic heterocycles. The summed E-state index contributed by atoms with van der Waals surface area (Å²) in [5.41, 5.74) is 2.48. The normalized spacial score (nSPS) is 31.0. The zero-order valence-electron chi connectivity index (χ0n) is 13.1. The quantitative estimate of drug-likeness (QED) is 0.566. The molecule has 3 rings (SSSR count). The molecular formula is C14H20N4O5. The largest absolute Gasteiger partial charge is 0.394 e. The molecule has 9 nitrogen and oxygen atoms in total. The maximum atomic E-state index is 10.6. The molecule has 9 heteroatoms. The number of anilines is 1. The molecule has 23 heavy (non-hydrogen) atoms. The smallest absolute Gasteiger partial charge is 0.167 e. The topological polar surface area (TPSA) is 122 Å².